The molecule has 1 N–H and O–H groups in total. The Hall–Kier alpha value is -0.980. The maximum atomic E-state index is 10.3. The van der Waals surface area contributed by atoms with Crippen molar-refractivity contribution in [2.75, 3.05) is 0 Å². The van der Waals surface area contributed by atoms with Crippen LogP contribution >= 0.6 is 0 Å². The van der Waals surface area contributed by atoms with Crippen molar-refractivity contribution in [3.63, 3.8) is 0 Å². The summed E-state index contributed by atoms with van der Waals surface area (Å²) in [4.78, 5) is 0. The van der Waals surface area contributed by atoms with Gasteiger partial charge in [-0.15, -0.1) is 0 Å². The molecule has 0 heterocycles. The standard InChI is InChI=1S/C22H38O/c1-4-6-8-9-10-11-12-16-20(19(3)15-7-5-2)21-17-13-14-18-22(21)23/h13-14,17-20,23H,4-12,15-16H2,1-3H3. The molecule has 0 spiro atoms. The van der Waals surface area contributed by atoms with Gasteiger partial charge in [-0.25, -0.2) is 0 Å². The molecular weight excluding hydrogens is 280 g/mol. The highest BCUT2D eigenvalue weighted by Gasteiger charge is 2.21. The number of phenolic OH excluding ortho intramolecular Hbond substituents is 1. The van der Waals surface area contributed by atoms with Crippen LogP contribution in [0.2, 0.25) is 0 Å². The zero-order chi connectivity index (χ0) is 16.9. The van der Waals surface area contributed by atoms with E-state index in [-0.39, 0.29) is 0 Å². The van der Waals surface area contributed by atoms with Gasteiger partial charge in [-0.3, -0.25) is 0 Å². The molecule has 2 unspecified atom stereocenters. The third-order valence-electron chi connectivity index (χ3n) is 5.15. The third kappa shape index (κ3) is 7.90. The molecule has 0 fully saturated rings. The van der Waals surface area contributed by atoms with Crippen LogP contribution in [0.1, 0.15) is 103 Å². The fourth-order valence-corrected chi connectivity index (χ4v) is 3.60. The third-order valence-corrected chi connectivity index (χ3v) is 5.15. The molecule has 2 atom stereocenters. The van der Waals surface area contributed by atoms with Crippen LogP contribution < -0.4 is 0 Å². The van der Waals surface area contributed by atoms with E-state index in [1.807, 2.05) is 12.1 Å². The Balaban J connectivity index is 2.50. The molecule has 0 amide bonds. The highest BCUT2D eigenvalue weighted by molar-refractivity contribution is 5.35. The largest absolute Gasteiger partial charge is 0.508 e. The van der Waals surface area contributed by atoms with E-state index in [2.05, 4.69) is 32.9 Å². The first kappa shape index (κ1) is 20.1. The molecule has 0 aliphatic rings. The minimum Gasteiger partial charge on any atom is -0.508 e. The van der Waals surface area contributed by atoms with Gasteiger partial charge in [0.05, 0.1) is 0 Å². The topological polar surface area (TPSA) is 20.2 Å². The summed E-state index contributed by atoms with van der Waals surface area (Å²) in [6, 6.07) is 7.98. The fraction of sp³-hybridized carbons (Fsp3) is 0.727. The van der Waals surface area contributed by atoms with E-state index in [9.17, 15) is 5.11 Å². The van der Waals surface area contributed by atoms with Gasteiger partial charge in [0.2, 0.25) is 0 Å². The summed E-state index contributed by atoms with van der Waals surface area (Å²) in [5.74, 6) is 1.66. The van der Waals surface area contributed by atoms with Crippen LogP contribution in [0.4, 0.5) is 0 Å². The van der Waals surface area contributed by atoms with E-state index in [0.29, 0.717) is 17.6 Å². The molecule has 0 aromatic heterocycles. The zero-order valence-corrected chi connectivity index (χ0v) is 15.7. The average molecular weight is 319 g/mol. The number of aromatic hydroxyl groups is 1. The van der Waals surface area contributed by atoms with Crippen LogP contribution in [0.3, 0.4) is 0 Å². The Labute approximate surface area is 144 Å². The predicted molar refractivity (Wildman–Crippen MR) is 102 cm³/mol. The summed E-state index contributed by atoms with van der Waals surface area (Å²) in [6.07, 6.45) is 14.5. The minimum atomic E-state index is 0.490. The summed E-state index contributed by atoms with van der Waals surface area (Å²) < 4.78 is 0. The Bertz CT molecular complexity index is 399. The van der Waals surface area contributed by atoms with Crippen LogP contribution in [0.25, 0.3) is 0 Å². The Morgan fingerprint density at radius 3 is 2.04 bits per heavy atom. The highest BCUT2D eigenvalue weighted by atomic mass is 16.3. The summed E-state index contributed by atoms with van der Waals surface area (Å²) >= 11 is 0. The van der Waals surface area contributed by atoms with Gasteiger partial charge in [-0.1, -0.05) is 103 Å². The zero-order valence-electron chi connectivity index (χ0n) is 15.7. The Morgan fingerprint density at radius 2 is 1.39 bits per heavy atom. The van der Waals surface area contributed by atoms with Gasteiger partial charge in [0.25, 0.3) is 0 Å². The lowest BCUT2D eigenvalue weighted by atomic mass is 9.80. The second-order valence-electron chi connectivity index (χ2n) is 7.19. The quantitative estimate of drug-likeness (QED) is 0.375. The number of phenols is 1. The maximum absolute atomic E-state index is 10.3. The summed E-state index contributed by atoms with van der Waals surface area (Å²) in [5, 5.41) is 10.3. The van der Waals surface area contributed by atoms with E-state index in [1.54, 1.807) is 0 Å². The predicted octanol–water partition coefficient (Wildman–Crippen LogP) is 7.44. The Morgan fingerprint density at radius 1 is 0.783 bits per heavy atom. The van der Waals surface area contributed by atoms with Crippen molar-refractivity contribution in [3.8, 4) is 5.75 Å². The van der Waals surface area contributed by atoms with Crippen LogP contribution in [-0.2, 0) is 0 Å². The molecule has 1 rings (SSSR count). The molecule has 132 valence electrons. The molecule has 1 aromatic carbocycles. The number of rotatable bonds is 13. The molecule has 0 saturated carbocycles. The van der Waals surface area contributed by atoms with Crippen molar-refractivity contribution < 1.29 is 5.11 Å². The molecule has 0 radical (unpaired) electrons. The van der Waals surface area contributed by atoms with Gasteiger partial charge in [-0.2, -0.15) is 0 Å². The number of hydrogen-bond donors (Lipinski definition) is 1. The van der Waals surface area contributed by atoms with Gasteiger partial charge >= 0.3 is 0 Å². The van der Waals surface area contributed by atoms with Crippen molar-refractivity contribution in [2.24, 2.45) is 5.92 Å². The van der Waals surface area contributed by atoms with E-state index in [4.69, 9.17) is 0 Å². The molecular formula is C22H38O. The van der Waals surface area contributed by atoms with E-state index in [0.717, 1.165) is 0 Å². The second kappa shape index (κ2) is 12.4. The van der Waals surface area contributed by atoms with Crippen molar-refractivity contribution in [3.05, 3.63) is 29.8 Å². The molecule has 0 aliphatic carbocycles. The SMILES string of the molecule is CCCCCCCCCC(c1ccccc1O)C(C)CCCC. The number of hydrogen-bond acceptors (Lipinski definition) is 1. The van der Waals surface area contributed by atoms with E-state index in [1.165, 1.54) is 76.2 Å². The molecule has 0 aliphatic heterocycles. The maximum Gasteiger partial charge on any atom is 0.119 e. The molecule has 1 heteroatoms. The van der Waals surface area contributed by atoms with Crippen molar-refractivity contribution in [1.82, 2.24) is 0 Å². The number of unbranched alkanes of at least 4 members (excludes halogenated alkanes) is 7. The van der Waals surface area contributed by atoms with Crippen LogP contribution in [-0.4, -0.2) is 5.11 Å². The summed E-state index contributed by atoms with van der Waals surface area (Å²) in [5.41, 5.74) is 1.17. The minimum absolute atomic E-state index is 0.490. The molecule has 0 bridgehead atoms. The molecule has 1 aromatic rings. The van der Waals surface area contributed by atoms with Gasteiger partial charge in [-0.05, 0) is 29.9 Å². The Kier molecular flexibility index (Phi) is 10.9. The molecule has 23 heavy (non-hydrogen) atoms. The normalized spacial score (nSPS) is 13.9. The van der Waals surface area contributed by atoms with Crippen molar-refractivity contribution >= 4 is 0 Å². The molecule has 1 nitrogen and oxygen atoms in total. The van der Waals surface area contributed by atoms with Crippen LogP contribution in [0.5, 0.6) is 5.75 Å². The lowest BCUT2D eigenvalue weighted by Gasteiger charge is -2.25. The highest BCUT2D eigenvalue weighted by Crippen LogP contribution is 2.37. The first-order valence-corrected chi connectivity index (χ1v) is 9.98. The number of para-hydroxylation sites is 1. The van der Waals surface area contributed by atoms with E-state index >= 15 is 0 Å². The smallest absolute Gasteiger partial charge is 0.119 e. The molecule has 0 saturated heterocycles. The van der Waals surface area contributed by atoms with Crippen molar-refractivity contribution in [1.29, 1.82) is 0 Å². The van der Waals surface area contributed by atoms with Gasteiger partial charge < -0.3 is 5.11 Å². The average Bonchev–Trinajstić information content (AvgIpc) is 2.56. The fourth-order valence-electron chi connectivity index (χ4n) is 3.60. The monoisotopic (exact) mass is 318 g/mol. The van der Waals surface area contributed by atoms with Gasteiger partial charge in [0, 0.05) is 0 Å². The summed E-state index contributed by atoms with van der Waals surface area (Å²) in [6.45, 7) is 6.90. The first-order valence-electron chi connectivity index (χ1n) is 9.98. The lowest BCUT2D eigenvalue weighted by molar-refractivity contribution is 0.368. The van der Waals surface area contributed by atoms with Crippen LogP contribution in [0, 0.1) is 5.92 Å². The van der Waals surface area contributed by atoms with Gasteiger partial charge in [0.15, 0.2) is 0 Å². The van der Waals surface area contributed by atoms with Crippen LogP contribution in [0.15, 0.2) is 24.3 Å². The summed E-state index contributed by atoms with van der Waals surface area (Å²) in [7, 11) is 0. The van der Waals surface area contributed by atoms with Crippen molar-refractivity contribution in [2.45, 2.75) is 97.3 Å². The second-order valence-corrected chi connectivity index (χ2v) is 7.19. The lowest BCUT2D eigenvalue weighted by Crippen LogP contribution is -2.10. The van der Waals surface area contributed by atoms with E-state index < -0.39 is 0 Å². The van der Waals surface area contributed by atoms with Gasteiger partial charge in [0.1, 0.15) is 5.75 Å². The first-order chi connectivity index (χ1) is 11.2. The number of benzene rings is 1.